The van der Waals surface area contributed by atoms with Crippen molar-refractivity contribution >= 4 is 23.3 Å². The summed E-state index contributed by atoms with van der Waals surface area (Å²) in [5.41, 5.74) is 1.36. The Balaban J connectivity index is 1.80. The van der Waals surface area contributed by atoms with E-state index in [0.717, 1.165) is 11.4 Å². The monoisotopic (exact) mass is 382 g/mol. The van der Waals surface area contributed by atoms with Gasteiger partial charge in [0.05, 0.1) is 17.2 Å². The highest BCUT2D eigenvalue weighted by atomic mass is 16.2. The zero-order chi connectivity index (χ0) is 20.7. The lowest BCUT2D eigenvalue weighted by molar-refractivity contribution is -0.122. The molecule has 28 heavy (non-hydrogen) atoms. The van der Waals surface area contributed by atoms with Crippen LogP contribution in [0.5, 0.6) is 0 Å². The molecule has 1 unspecified atom stereocenters. The van der Waals surface area contributed by atoms with Crippen LogP contribution in [-0.2, 0) is 20.5 Å². The van der Waals surface area contributed by atoms with Crippen molar-refractivity contribution in [1.29, 1.82) is 0 Å². The number of anilines is 2. The van der Waals surface area contributed by atoms with Gasteiger partial charge in [0.25, 0.3) is 0 Å². The summed E-state index contributed by atoms with van der Waals surface area (Å²) >= 11 is 0. The van der Waals surface area contributed by atoms with E-state index >= 15 is 0 Å². The molecule has 150 valence electrons. The number of nitrogens with zero attached hydrogens (tertiary/aromatic N) is 3. The van der Waals surface area contributed by atoms with Crippen LogP contribution < -0.4 is 10.2 Å². The van der Waals surface area contributed by atoms with Crippen LogP contribution >= 0.6 is 0 Å². The molecule has 2 aromatic rings. The van der Waals surface area contributed by atoms with Gasteiger partial charge in [-0.1, -0.05) is 39.0 Å². The summed E-state index contributed by atoms with van der Waals surface area (Å²) in [6.45, 7) is 12.9. The van der Waals surface area contributed by atoms with Crippen molar-refractivity contribution in [2.75, 3.05) is 16.8 Å². The molecular weight excluding hydrogens is 352 g/mol. The van der Waals surface area contributed by atoms with Gasteiger partial charge in [-0.3, -0.25) is 9.59 Å². The quantitative estimate of drug-likeness (QED) is 0.875. The summed E-state index contributed by atoms with van der Waals surface area (Å²) in [6.07, 6.45) is 0.219. The minimum absolute atomic E-state index is 0.0222. The molecule has 1 saturated heterocycles. The van der Waals surface area contributed by atoms with Crippen molar-refractivity contribution in [2.45, 2.75) is 58.9 Å². The molecule has 3 rings (SSSR count). The van der Waals surface area contributed by atoms with Crippen LogP contribution in [0.1, 0.15) is 53.7 Å². The molecule has 6 nitrogen and oxygen atoms in total. The lowest BCUT2D eigenvalue weighted by Gasteiger charge is -2.23. The Hall–Kier alpha value is -2.63. The average Bonchev–Trinajstić information content (AvgIpc) is 3.19. The van der Waals surface area contributed by atoms with Crippen molar-refractivity contribution in [3.05, 3.63) is 42.1 Å². The molecule has 2 heterocycles. The predicted octanol–water partition coefficient (Wildman–Crippen LogP) is 3.93. The maximum absolute atomic E-state index is 12.9. The molecule has 0 radical (unpaired) electrons. The fourth-order valence-corrected chi connectivity index (χ4v) is 3.32. The van der Waals surface area contributed by atoms with E-state index in [2.05, 4.69) is 46.9 Å². The van der Waals surface area contributed by atoms with Gasteiger partial charge in [-0.05, 0) is 32.9 Å². The van der Waals surface area contributed by atoms with E-state index in [0.29, 0.717) is 12.4 Å². The third-order valence-corrected chi connectivity index (χ3v) is 4.93. The lowest BCUT2D eigenvalue weighted by Crippen LogP contribution is -2.31. The second-order valence-electron chi connectivity index (χ2n) is 9.48. The fraction of sp³-hybridized carbons (Fsp3) is 0.500. The number of carbonyl (C=O) groups excluding carboxylic acids is 2. The number of para-hydroxylation sites is 1. The van der Waals surface area contributed by atoms with Gasteiger partial charge in [0.2, 0.25) is 11.8 Å². The van der Waals surface area contributed by atoms with Crippen molar-refractivity contribution in [3.63, 3.8) is 0 Å². The number of nitrogens with one attached hydrogen (secondary N) is 1. The Kier molecular flexibility index (Phi) is 5.08. The predicted molar refractivity (Wildman–Crippen MR) is 111 cm³/mol. The molecule has 1 N–H and O–H groups in total. The first-order chi connectivity index (χ1) is 13.0. The maximum Gasteiger partial charge on any atom is 0.230 e. The van der Waals surface area contributed by atoms with E-state index in [1.54, 1.807) is 4.90 Å². The van der Waals surface area contributed by atoms with Gasteiger partial charge in [-0.25, -0.2) is 4.68 Å². The number of aromatic nitrogens is 2. The number of carbonyl (C=O) groups is 2. The first-order valence-electron chi connectivity index (χ1n) is 9.74. The molecule has 0 spiro atoms. The summed E-state index contributed by atoms with van der Waals surface area (Å²) in [4.78, 5) is 27.1. The second-order valence-corrected chi connectivity index (χ2v) is 9.48. The SMILES string of the molecule is CC(C)(C)c1cc(NC(=O)C2CC(=O)N(c3ccccc3)C2)n(C(C)(C)C)n1. The summed E-state index contributed by atoms with van der Waals surface area (Å²) in [5.74, 6) is 0.130. The van der Waals surface area contributed by atoms with Gasteiger partial charge in [-0.15, -0.1) is 0 Å². The van der Waals surface area contributed by atoms with Crippen molar-refractivity contribution in [2.24, 2.45) is 5.92 Å². The second kappa shape index (κ2) is 7.08. The minimum Gasteiger partial charge on any atom is -0.312 e. The van der Waals surface area contributed by atoms with E-state index in [4.69, 9.17) is 5.10 Å². The number of rotatable bonds is 3. The number of hydrogen-bond donors (Lipinski definition) is 1. The van der Waals surface area contributed by atoms with Crippen LogP contribution in [0, 0.1) is 5.92 Å². The summed E-state index contributed by atoms with van der Waals surface area (Å²) < 4.78 is 1.86. The Morgan fingerprint density at radius 1 is 1.11 bits per heavy atom. The maximum atomic E-state index is 12.9. The van der Waals surface area contributed by atoms with Crippen LogP contribution in [0.3, 0.4) is 0 Å². The van der Waals surface area contributed by atoms with Crippen molar-refractivity contribution < 1.29 is 9.59 Å². The van der Waals surface area contributed by atoms with Crippen molar-refractivity contribution in [1.82, 2.24) is 9.78 Å². The molecule has 2 amide bonds. The first kappa shape index (κ1) is 20.1. The van der Waals surface area contributed by atoms with Crippen molar-refractivity contribution in [3.8, 4) is 0 Å². The molecular formula is C22H30N4O2. The lowest BCUT2D eigenvalue weighted by atomic mass is 9.92. The van der Waals surface area contributed by atoms with Crippen LogP contribution in [0.25, 0.3) is 0 Å². The first-order valence-corrected chi connectivity index (χ1v) is 9.74. The molecule has 1 aliphatic heterocycles. The average molecular weight is 383 g/mol. The van der Waals surface area contributed by atoms with Gasteiger partial charge >= 0.3 is 0 Å². The molecule has 1 fully saturated rings. The standard InChI is InChI=1S/C22H30N4O2/c1-21(2,3)17-13-18(26(24-17)22(4,5)6)23-20(28)15-12-19(27)25(14-15)16-10-8-7-9-11-16/h7-11,13,15H,12,14H2,1-6H3,(H,23,28). The zero-order valence-electron chi connectivity index (χ0n) is 17.6. The zero-order valence-corrected chi connectivity index (χ0v) is 17.6. The number of hydrogen-bond acceptors (Lipinski definition) is 3. The van der Waals surface area contributed by atoms with E-state index in [1.165, 1.54) is 0 Å². The van der Waals surface area contributed by atoms with E-state index in [-0.39, 0.29) is 35.1 Å². The number of benzene rings is 1. The molecule has 1 aromatic heterocycles. The molecule has 1 aromatic carbocycles. The third-order valence-electron chi connectivity index (χ3n) is 4.93. The van der Waals surface area contributed by atoms with Crippen LogP contribution in [0.2, 0.25) is 0 Å². The third kappa shape index (κ3) is 4.11. The fourth-order valence-electron chi connectivity index (χ4n) is 3.32. The Bertz CT molecular complexity index is 872. The number of amides is 2. The summed E-state index contributed by atoms with van der Waals surface area (Å²) in [6, 6.07) is 11.4. The summed E-state index contributed by atoms with van der Waals surface area (Å²) in [5, 5.41) is 7.76. The molecule has 0 bridgehead atoms. The summed E-state index contributed by atoms with van der Waals surface area (Å²) in [7, 11) is 0. The van der Waals surface area contributed by atoms with Gasteiger partial charge in [0.15, 0.2) is 0 Å². The topological polar surface area (TPSA) is 67.2 Å². The Morgan fingerprint density at radius 3 is 2.32 bits per heavy atom. The molecule has 0 saturated carbocycles. The van der Waals surface area contributed by atoms with Crippen LogP contribution in [-0.4, -0.2) is 28.1 Å². The van der Waals surface area contributed by atoms with Crippen LogP contribution in [0.15, 0.2) is 36.4 Å². The minimum atomic E-state index is -0.380. The largest absolute Gasteiger partial charge is 0.312 e. The van der Waals surface area contributed by atoms with E-state index in [9.17, 15) is 9.59 Å². The van der Waals surface area contributed by atoms with E-state index in [1.807, 2.05) is 41.1 Å². The molecule has 6 heteroatoms. The molecule has 0 aliphatic carbocycles. The Morgan fingerprint density at radius 2 is 1.75 bits per heavy atom. The highest BCUT2D eigenvalue weighted by Crippen LogP contribution is 2.30. The normalized spacial score (nSPS) is 17.9. The van der Waals surface area contributed by atoms with E-state index < -0.39 is 0 Å². The van der Waals surface area contributed by atoms with Gasteiger partial charge in [-0.2, -0.15) is 5.10 Å². The highest BCUT2D eigenvalue weighted by Gasteiger charge is 2.36. The molecule has 1 atom stereocenters. The Labute approximate surface area is 166 Å². The van der Waals surface area contributed by atoms with Gasteiger partial charge < -0.3 is 10.2 Å². The highest BCUT2D eigenvalue weighted by molar-refractivity contribution is 6.03. The van der Waals surface area contributed by atoms with Gasteiger partial charge in [0.1, 0.15) is 5.82 Å². The molecule has 1 aliphatic rings. The van der Waals surface area contributed by atoms with Gasteiger partial charge in [0, 0.05) is 30.1 Å². The smallest absolute Gasteiger partial charge is 0.230 e. The van der Waals surface area contributed by atoms with Crippen LogP contribution in [0.4, 0.5) is 11.5 Å².